The molecule has 4 aliphatic heterocycles. The predicted molar refractivity (Wildman–Crippen MR) is 112 cm³/mol. The van der Waals surface area contributed by atoms with Gasteiger partial charge in [-0.25, -0.2) is 13.7 Å². The lowest BCUT2D eigenvalue weighted by atomic mass is 9.75. The molecule has 4 atom stereocenters. The number of carbonyl (C=O) groups is 3. The maximum Gasteiger partial charge on any atom is 0.250 e. The lowest BCUT2D eigenvalue weighted by molar-refractivity contribution is -0.135. The van der Waals surface area contributed by atoms with Crippen LogP contribution in [0.2, 0.25) is 10.0 Å². The summed E-state index contributed by atoms with van der Waals surface area (Å²) in [6.45, 7) is 0.477. The minimum absolute atomic E-state index is 0.00926. The normalized spacial score (nSPS) is 30.8. The summed E-state index contributed by atoms with van der Waals surface area (Å²) in [4.78, 5) is 43.5. The number of rotatable bonds is 1. The van der Waals surface area contributed by atoms with Crippen molar-refractivity contribution in [2.45, 2.75) is 24.4 Å². The molecule has 6 rings (SSSR count). The van der Waals surface area contributed by atoms with Gasteiger partial charge >= 0.3 is 0 Å². The maximum absolute atomic E-state index is 14.7. The minimum Gasteiger partial charge on any atom is -0.321 e. The second kappa shape index (κ2) is 6.50. The number of carbonyl (C=O) groups excluding carboxylic acids is 3. The van der Waals surface area contributed by atoms with Crippen LogP contribution in [0.1, 0.15) is 18.4 Å². The standard InChI is InChI=1S/C22H15Cl2F2N3O3/c23-9-4-11(25)8-12(5-9)29-19(30)16-15-2-1-3-28(15)22(17(16)20(29)31)13-6-10(24)7-14(26)18(13)27-21(22)32/h4-8,15-17H,1-3H2,(H,27,32). The first-order valence-electron chi connectivity index (χ1n) is 10.2. The zero-order valence-electron chi connectivity index (χ0n) is 16.4. The summed E-state index contributed by atoms with van der Waals surface area (Å²) in [5, 5.41) is 2.70. The van der Waals surface area contributed by atoms with E-state index in [1.807, 2.05) is 4.90 Å². The molecule has 2 aromatic carbocycles. The van der Waals surface area contributed by atoms with E-state index in [9.17, 15) is 23.2 Å². The van der Waals surface area contributed by atoms with Crippen LogP contribution in [-0.2, 0) is 19.9 Å². The second-order valence-corrected chi connectivity index (χ2v) is 9.45. The van der Waals surface area contributed by atoms with Crippen LogP contribution in [0.4, 0.5) is 20.2 Å². The molecule has 4 aliphatic rings. The van der Waals surface area contributed by atoms with E-state index in [2.05, 4.69) is 5.32 Å². The molecule has 3 amide bonds. The molecule has 1 spiro atoms. The highest BCUT2D eigenvalue weighted by Gasteiger charge is 2.75. The van der Waals surface area contributed by atoms with Gasteiger partial charge in [-0.3, -0.25) is 19.3 Å². The van der Waals surface area contributed by atoms with E-state index in [0.29, 0.717) is 19.4 Å². The van der Waals surface area contributed by atoms with Crippen LogP contribution in [0.3, 0.4) is 0 Å². The van der Waals surface area contributed by atoms with Gasteiger partial charge in [0.15, 0.2) is 0 Å². The fourth-order valence-corrected chi connectivity index (χ4v) is 6.57. The fraction of sp³-hybridized carbons (Fsp3) is 0.318. The van der Waals surface area contributed by atoms with Crippen molar-refractivity contribution in [3.05, 3.63) is 57.6 Å². The SMILES string of the molecule is O=C1C2C3CCCN3C3(C(=O)Nc4c(F)cc(Cl)cc43)C2C(=O)N1c1cc(F)cc(Cl)c1. The van der Waals surface area contributed by atoms with Crippen molar-refractivity contribution in [2.24, 2.45) is 11.8 Å². The number of amides is 3. The number of benzene rings is 2. The average molecular weight is 478 g/mol. The highest BCUT2D eigenvalue weighted by molar-refractivity contribution is 6.32. The third kappa shape index (κ3) is 2.30. The van der Waals surface area contributed by atoms with Crippen molar-refractivity contribution in [3.63, 3.8) is 0 Å². The predicted octanol–water partition coefficient (Wildman–Crippen LogP) is 3.70. The summed E-state index contributed by atoms with van der Waals surface area (Å²) in [5.41, 5.74) is -1.33. The van der Waals surface area contributed by atoms with Gasteiger partial charge in [-0.1, -0.05) is 23.2 Å². The highest BCUT2D eigenvalue weighted by Crippen LogP contribution is 2.61. The van der Waals surface area contributed by atoms with Crippen LogP contribution < -0.4 is 10.2 Å². The Kier molecular flexibility index (Phi) is 4.08. The van der Waals surface area contributed by atoms with Gasteiger partial charge in [-0.05, 0) is 49.7 Å². The van der Waals surface area contributed by atoms with Gasteiger partial charge in [0.05, 0.1) is 23.2 Å². The summed E-state index contributed by atoms with van der Waals surface area (Å²) in [6, 6.07) is 5.65. The van der Waals surface area contributed by atoms with Gasteiger partial charge in [-0.2, -0.15) is 0 Å². The zero-order chi connectivity index (χ0) is 22.5. The first-order chi connectivity index (χ1) is 15.2. The van der Waals surface area contributed by atoms with E-state index in [-0.39, 0.29) is 33.0 Å². The lowest BCUT2D eigenvalue weighted by Crippen LogP contribution is -2.54. The highest BCUT2D eigenvalue weighted by atomic mass is 35.5. The first kappa shape index (κ1) is 20.1. The number of nitrogens with one attached hydrogen (secondary N) is 1. The topological polar surface area (TPSA) is 69.7 Å². The molecule has 164 valence electrons. The van der Waals surface area contributed by atoms with Crippen LogP contribution >= 0.6 is 23.2 Å². The Bertz CT molecular complexity index is 1230. The molecule has 4 unspecified atom stereocenters. The summed E-state index contributed by atoms with van der Waals surface area (Å²) < 4.78 is 28.7. The second-order valence-electron chi connectivity index (χ2n) is 8.58. The van der Waals surface area contributed by atoms with Crippen molar-refractivity contribution < 1.29 is 23.2 Å². The number of halogens is 4. The smallest absolute Gasteiger partial charge is 0.250 e. The van der Waals surface area contributed by atoms with Crippen LogP contribution in [-0.4, -0.2) is 35.2 Å². The fourth-order valence-electron chi connectivity index (χ4n) is 6.15. The van der Waals surface area contributed by atoms with Crippen LogP contribution in [0.15, 0.2) is 30.3 Å². The van der Waals surface area contributed by atoms with Crippen molar-refractivity contribution >= 4 is 52.3 Å². The summed E-state index contributed by atoms with van der Waals surface area (Å²) in [7, 11) is 0. The Morgan fingerprint density at radius 2 is 1.75 bits per heavy atom. The molecule has 0 saturated carbocycles. The van der Waals surface area contributed by atoms with E-state index in [0.717, 1.165) is 23.1 Å². The van der Waals surface area contributed by atoms with Crippen LogP contribution in [0.5, 0.6) is 0 Å². The van der Waals surface area contributed by atoms with Gasteiger partial charge < -0.3 is 5.32 Å². The molecule has 1 N–H and O–H groups in total. The number of imide groups is 1. The van der Waals surface area contributed by atoms with Crippen molar-refractivity contribution in [2.75, 3.05) is 16.8 Å². The molecular weight excluding hydrogens is 463 g/mol. The summed E-state index contributed by atoms with van der Waals surface area (Å²) in [5.74, 6) is -5.04. The third-order valence-corrected chi connectivity index (χ3v) is 7.56. The lowest BCUT2D eigenvalue weighted by Gasteiger charge is -2.36. The molecule has 0 aromatic heterocycles. The molecular formula is C22H15Cl2F2N3O3. The molecule has 3 fully saturated rings. The number of nitrogens with zero attached hydrogens (tertiary/aromatic N) is 2. The molecule has 0 bridgehead atoms. The van der Waals surface area contributed by atoms with Crippen molar-refractivity contribution in [1.82, 2.24) is 4.90 Å². The minimum atomic E-state index is -1.56. The number of anilines is 2. The van der Waals surface area contributed by atoms with E-state index in [4.69, 9.17) is 23.2 Å². The monoisotopic (exact) mass is 477 g/mol. The largest absolute Gasteiger partial charge is 0.321 e. The molecule has 0 aliphatic carbocycles. The maximum atomic E-state index is 14.7. The molecule has 3 saturated heterocycles. The Morgan fingerprint density at radius 1 is 1.00 bits per heavy atom. The Morgan fingerprint density at radius 3 is 2.50 bits per heavy atom. The molecule has 32 heavy (non-hydrogen) atoms. The van der Waals surface area contributed by atoms with E-state index >= 15 is 0 Å². The van der Waals surface area contributed by atoms with Gasteiger partial charge in [0.2, 0.25) is 11.8 Å². The molecule has 4 heterocycles. The quantitative estimate of drug-likeness (QED) is 0.635. The van der Waals surface area contributed by atoms with Crippen molar-refractivity contribution in [3.8, 4) is 0 Å². The van der Waals surface area contributed by atoms with Gasteiger partial charge in [0.25, 0.3) is 5.91 Å². The zero-order valence-corrected chi connectivity index (χ0v) is 17.9. The van der Waals surface area contributed by atoms with Crippen LogP contribution in [0, 0.1) is 23.5 Å². The summed E-state index contributed by atoms with van der Waals surface area (Å²) in [6.07, 6.45) is 1.32. The van der Waals surface area contributed by atoms with Gasteiger partial charge in [0, 0.05) is 21.7 Å². The third-order valence-electron chi connectivity index (χ3n) is 7.12. The first-order valence-corrected chi connectivity index (χ1v) is 10.9. The van der Waals surface area contributed by atoms with E-state index < -0.39 is 46.7 Å². The Hall–Kier alpha value is -2.55. The number of hydrogen-bond donors (Lipinski definition) is 1. The van der Waals surface area contributed by atoms with E-state index in [1.54, 1.807) is 0 Å². The number of fused-ring (bicyclic) bond motifs is 7. The average Bonchev–Trinajstić information content (AvgIpc) is 3.40. The van der Waals surface area contributed by atoms with Crippen LogP contribution in [0.25, 0.3) is 0 Å². The molecule has 0 radical (unpaired) electrons. The molecule has 10 heteroatoms. The molecule has 6 nitrogen and oxygen atoms in total. The molecule has 2 aromatic rings. The van der Waals surface area contributed by atoms with Gasteiger partial charge in [-0.15, -0.1) is 0 Å². The van der Waals surface area contributed by atoms with Gasteiger partial charge in [0.1, 0.15) is 17.2 Å². The van der Waals surface area contributed by atoms with Crippen molar-refractivity contribution in [1.29, 1.82) is 0 Å². The van der Waals surface area contributed by atoms with E-state index in [1.165, 1.54) is 12.1 Å². The number of hydrogen-bond acceptors (Lipinski definition) is 4. The summed E-state index contributed by atoms with van der Waals surface area (Å²) >= 11 is 12.1. The Labute approximate surface area is 191 Å². The Balaban J connectivity index is 1.58.